The number of furan rings is 1. The standard InChI is InChI=1S/C44H28O/c1-4-15-29(16-5-1)37-27-39-41(28-38(37)30-17-6-2-7-18-30)45-40-26-14-25-36(44(39)40)43-34-23-12-10-21-32(34)42(31-19-8-3-9-20-31)33-22-11-13-24-35(33)43/h1-28H/i3D,8D,9D,19D,20D. The Morgan fingerprint density at radius 2 is 0.911 bits per heavy atom. The van der Waals surface area contributed by atoms with E-state index in [4.69, 9.17) is 11.3 Å². The first-order chi connectivity index (χ1) is 24.4. The second kappa shape index (κ2) is 10.4. The smallest absolute Gasteiger partial charge is 0.136 e. The highest BCUT2D eigenvalue weighted by atomic mass is 16.3. The van der Waals surface area contributed by atoms with E-state index < -0.39 is 6.04 Å². The van der Waals surface area contributed by atoms with Gasteiger partial charge in [0, 0.05) is 10.8 Å². The van der Waals surface area contributed by atoms with Crippen LogP contribution in [0.4, 0.5) is 0 Å². The molecular weight excluding hydrogens is 544 g/mol. The van der Waals surface area contributed by atoms with E-state index in [0.29, 0.717) is 5.56 Å². The highest BCUT2D eigenvalue weighted by molar-refractivity contribution is 6.26. The van der Waals surface area contributed by atoms with Crippen LogP contribution < -0.4 is 0 Å². The lowest BCUT2D eigenvalue weighted by Gasteiger charge is -2.18. The fourth-order valence-corrected chi connectivity index (χ4v) is 6.86. The van der Waals surface area contributed by atoms with E-state index in [2.05, 4.69) is 78.9 Å². The maximum Gasteiger partial charge on any atom is 0.136 e. The van der Waals surface area contributed by atoms with Gasteiger partial charge in [0.15, 0.2) is 0 Å². The maximum absolute atomic E-state index is 8.90. The van der Waals surface area contributed by atoms with Gasteiger partial charge in [-0.05, 0) is 84.3 Å². The monoisotopic (exact) mass is 577 g/mol. The maximum atomic E-state index is 8.90. The molecule has 1 heteroatoms. The minimum atomic E-state index is -0.405. The Labute approximate surface area is 268 Å². The Balaban J connectivity index is 1.41. The van der Waals surface area contributed by atoms with Gasteiger partial charge in [0.1, 0.15) is 11.2 Å². The highest BCUT2D eigenvalue weighted by Crippen LogP contribution is 2.48. The largest absolute Gasteiger partial charge is 0.456 e. The SMILES string of the molecule is [2H]c1c([2H])c([2H])c(-c2c3ccccc3c(-c3cccc4oc5cc(-c6ccccc6)c(-c6ccccc6)cc5c34)c3ccccc23)c([2H])c1[2H]. The van der Waals surface area contributed by atoms with Gasteiger partial charge in [-0.25, -0.2) is 0 Å². The molecule has 45 heavy (non-hydrogen) atoms. The van der Waals surface area contributed by atoms with E-state index in [0.717, 1.165) is 76.9 Å². The zero-order valence-electron chi connectivity index (χ0n) is 29.2. The second-order valence-corrected chi connectivity index (χ2v) is 11.2. The summed E-state index contributed by atoms with van der Waals surface area (Å²) in [6.07, 6.45) is 0. The van der Waals surface area contributed by atoms with Crippen molar-refractivity contribution >= 4 is 43.5 Å². The van der Waals surface area contributed by atoms with Crippen LogP contribution in [-0.2, 0) is 0 Å². The topological polar surface area (TPSA) is 13.1 Å². The van der Waals surface area contributed by atoms with Gasteiger partial charge in [-0.2, -0.15) is 0 Å². The number of hydrogen-bond donors (Lipinski definition) is 0. The van der Waals surface area contributed by atoms with Gasteiger partial charge >= 0.3 is 0 Å². The van der Waals surface area contributed by atoms with Crippen LogP contribution in [0.3, 0.4) is 0 Å². The van der Waals surface area contributed by atoms with Crippen LogP contribution in [0, 0.1) is 0 Å². The van der Waals surface area contributed by atoms with Crippen molar-refractivity contribution in [2.75, 3.05) is 0 Å². The molecule has 0 spiro atoms. The number of benzene rings is 8. The molecule has 1 nitrogen and oxygen atoms in total. The first kappa shape index (κ1) is 20.9. The van der Waals surface area contributed by atoms with E-state index >= 15 is 0 Å². The summed E-state index contributed by atoms with van der Waals surface area (Å²) in [6.45, 7) is 0. The van der Waals surface area contributed by atoms with Crippen LogP contribution in [0.5, 0.6) is 0 Å². The lowest BCUT2D eigenvalue weighted by Crippen LogP contribution is -1.91. The van der Waals surface area contributed by atoms with Crippen molar-refractivity contribution in [3.63, 3.8) is 0 Å². The fraction of sp³-hybridized carbons (Fsp3) is 0. The molecule has 9 rings (SSSR count). The van der Waals surface area contributed by atoms with Crippen LogP contribution in [0.15, 0.2) is 174 Å². The van der Waals surface area contributed by atoms with Crippen molar-refractivity contribution < 1.29 is 11.3 Å². The molecule has 0 amide bonds. The van der Waals surface area contributed by atoms with Crippen LogP contribution in [0.2, 0.25) is 0 Å². The molecule has 0 bridgehead atoms. The quantitative estimate of drug-likeness (QED) is 0.190. The number of hydrogen-bond acceptors (Lipinski definition) is 1. The minimum Gasteiger partial charge on any atom is -0.456 e. The molecule has 1 aromatic heterocycles. The molecule has 0 saturated carbocycles. The zero-order valence-corrected chi connectivity index (χ0v) is 24.2. The summed E-state index contributed by atoms with van der Waals surface area (Å²) < 4.78 is 49.6. The normalized spacial score (nSPS) is 13.1. The van der Waals surface area contributed by atoms with Crippen molar-refractivity contribution in [1.82, 2.24) is 0 Å². The summed E-state index contributed by atoms with van der Waals surface area (Å²) in [5.41, 5.74) is 8.77. The molecular formula is C44H28O. The Hall–Kier alpha value is -5.92. The molecule has 1 heterocycles. The average molecular weight is 578 g/mol. The molecule has 0 aliphatic carbocycles. The first-order valence-corrected chi connectivity index (χ1v) is 15.0. The van der Waals surface area contributed by atoms with Gasteiger partial charge < -0.3 is 4.42 Å². The third-order valence-electron chi connectivity index (χ3n) is 8.76. The molecule has 0 aliphatic heterocycles. The van der Waals surface area contributed by atoms with Gasteiger partial charge in [0.25, 0.3) is 0 Å². The zero-order chi connectivity index (χ0) is 34.1. The Morgan fingerprint density at radius 1 is 0.378 bits per heavy atom. The predicted molar refractivity (Wildman–Crippen MR) is 190 cm³/mol. The van der Waals surface area contributed by atoms with Crippen LogP contribution in [-0.4, -0.2) is 0 Å². The van der Waals surface area contributed by atoms with Gasteiger partial charge in [-0.15, -0.1) is 0 Å². The minimum absolute atomic E-state index is 0.197. The Kier molecular flexibility index (Phi) is 4.81. The Morgan fingerprint density at radius 3 is 1.51 bits per heavy atom. The summed E-state index contributed by atoms with van der Waals surface area (Å²) in [7, 11) is 0. The summed E-state index contributed by atoms with van der Waals surface area (Å²) >= 11 is 0. The van der Waals surface area contributed by atoms with Crippen LogP contribution >= 0.6 is 0 Å². The van der Waals surface area contributed by atoms with E-state index in [1.54, 1.807) is 0 Å². The molecule has 8 aromatic carbocycles. The summed E-state index contributed by atoms with van der Waals surface area (Å²) in [5.74, 6) is 0. The Bertz CT molecular complexity index is 2720. The van der Waals surface area contributed by atoms with E-state index in [1.165, 1.54) is 0 Å². The lowest BCUT2D eigenvalue weighted by molar-refractivity contribution is 0.669. The molecule has 9 aromatic rings. The summed E-state index contributed by atoms with van der Waals surface area (Å²) in [4.78, 5) is 0. The van der Waals surface area contributed by atoms with Crippen molar-refractivity contribution in [2.45, 2.75) is 0 Å². The molecule has 210 valence electrons. The van der Waals surface area contributed by atoms with Crippen molar-refractivity contribution in [2.24, 2.45) is 0 Å². The average Bonchev–Trinajstić information content (AvgIpc) is 3.54. The second-order valence-electron chi connectivity index (χ2n) is 11.2. The number of fused-ring (bicyclic) bond motifs is 5. The summed E-state index contributed by atoms with van der Waals surface area (Å²) in [6, 6.07) is 45.7. The van der Waals surface area contributed by atoms with Crippen molar-refractivity contribution in [3.8, 4) is 44.5 Å². The third-order valence-corrected chi connectivity index (χ3v) is 8.76. The first-order valence-electron chi connectivity index (χ1n) is 17.5. The van der Waals surface area contributed by atoms with Crippen LogP contribution in [0.25, 0.3) is 88.0 Å². The molecule has 0 aliphatic rings. The highest BCUT2D eigenvalue weighted by Gasteiger charge is 2.21. The van der Waals surface area contributed by atoms with E-state index in [9.17, 15) is 0 Å². The molecule has 0 unspecified atom stereocenters. The molecule has 0 fully saturated rings. The molecule has 0 atom stereocenters. The molecule has 0 N–H and O–H groups in total. The fourth-order valence-electron chi connectivity index (χ4n) is 6.86. The van der Waals surface area contributed by atoms with E-state index in [-0.39, 0.29) is 29.7 Å². The molecule has 0 saturated heterocycles. The van der Waals surface area contributed by atoms with Gasteiger partial charge in [0.2, 0.25) is 0 Å². The predicted octanol–water partition coefficient (Wildman–Crippen LogP) is 12.6. The molecule has 0 radical (unpaired) electrons. The van der Waals surface area contributed by atoms with E-state index in [1.807, 2.05) is 60.7 Å². The van der Waals surface area contributed by atoms with Gasteiger partial charge in [-0.1, -0.05) is 152 Å². The summed E-state index contributed by atoms with van der Waals surface area (Å²) in [5, 5.41) is 5.43. The van der Waals surface area contributed by atoms with Crippen molar-refractivity contribution in [1.29, 1.82) is 0 Å². The van der Waals surface area contributed by atoms with Gasteiger partial charge in [-0.3, -0.25) is 0 Å². The third kappa shape index (κ3) is 4.09. The number of rotatable bonds is 4. The van der Waals surface area contributed by atoms with Gasteiger partial charge in [0.05, 0.1) is 6.85 Å². The lowest BCUT2D eigenvalue weighted by atomic mass is 9.84. The van der Waals surface area contributed by atoms with Crippen LogP contribution in [0.1, 0.15) is 6.85 Å². The van der Waals surface area contributed by atoms with Crippen molar-refractivity contribution in [3.05, 3.63) is 170 Å².